The number of hydrogen-bond acceptors (Lipinski definition) is 2. The van der Waals surface area contributed by atoms with Crippen LogP contribution in [0.25, 0.3) is 21.9 Å². The van der Waals surface area contributed by atoms with E-state index in [1.165, 1.54) is 58.7 Å². The van der Waals surface area contributed by atoms with Crippen molar-refractivity contribution < 1.29 is 8.39 Å². The van der Waals surface area contributed by atoms with Gasteiger partial charge in [0.05, 0.1) is 0 Å². The van der Waals surface area contributed by atoms with Crippen LogP contribution in [0.3, 0.4) is 0 Å². The number of fused-ring (bicyclic) bond motifs is 3. The van der Waals surface area contributed by atoms with Crippen molar-refractivity contribution in [2.45, 2.75) is 79.1 Å². The lowest BCUT2D eigenvalue weighted by atomic mass is 9.95. The van der Waals surface area contributed by atoms with Crippen molar-refractivity contribution in [2.75, 3.05) is 0 Å². The molecule has 3 rings (SSSR count). The first-order valence-electron chi connectivity index (χ1n) is 10.6. The molecule has 0 amide bonds. The minimum absolute atomic E-state index is 0.0266. The summed E-state index contributed by atoms with van der Waals surface area (Å²) in [6.45, 7) is 8.96. The molecule has 0 N–H and O–H groups in total. The van der Waals surface area contributed by atoms with Crippen LogP contribution in [0.5, 0.6) is 0 Å². The lowest BCUT2D eigenvalue weighted by Crippen LogP contribution is -1.93. The fourth-order valence-electron chi connectivity index (χ4n) is 3.77. The highest BCUT2D eigenvalue weighted by atomic mass is 31.1. The minimum Gasteiger partial charge on any atom is -0.421 e. The maximum absolute atomic E-state index is 6.20. The van der Waals surface area contributed by atoms with Crippen molar-refractivity contribution in [1.29, 1.82) is 0 Å². The van der Waals surface area contributed by atoms with E-state index in [1.807, 2.05) is 0 Å². The van der Waals surface area contributed by atoms with Gasteiger partial charge in [0.2, 0.25) is 8.67 Å². The first kappa shape index (κ1) is 20.1. The third kappa shape index (κ3) is 4.43. The quantitative estimate of drug-likeness (QED) is 0.392. The van der Waals surface area contributed by atoms with E-state index in [1.54, 1.807) is 0 Å². The lowest BCUT2D eigenvalue weighted by molar-refractivity contribution is 0.652. The van der Waals surface area contributed by atoms with Gasteiger partial charge in [0.1, 0.15) is 11.2 Å². The van der Waals surface area contributed by atoms with E-state index in [-0.39, 0.29) is 8.67 Å². The van der Waals surface area contributed by atoms with E-state index in [0.717, 1.165) is 36.8 Å². The average Bonchev–Trinajstić information content (AvgIpc) is 2.89. The van der Waals surface area contributed by atoms with Crippen LogP contribution >= 0.6 is 8.67 Å². The molecule has 0 saturated carbocycles. The zero-order valence-electron chi connectivity index (χ0n) is 17.3. The van der Waals surface area contributed by atoms with Crippen molar-refractivity contribution in [3.63, 3.8) is 0 Å². The second-order valence-electron chi connectivity index (χ2n) is 7.46. The molecule has 27 heavy (non-hydrogen) atoms. The molecular weight excluding hydrogens is 351 g/mol. The highest BCUT2D eigenvalue weighted by Gasteiger charge is 2.13. The predicted molar refractivity (Wildman–Crippen MR) is 119 cm³/mol. The Hall–Kier alpha value is -1.66. The molecule has 0 radical (unpaired) electrons. The summed E-state index contributed by atoms with van der Waals surface area (Å²) in [5, 5.41) is 2.46. The molecule has 2 aromatic carbocycles. The summed E-state index contributed by atoms with van der Waals surface area (Å²) in [5.41, 5.74) is 7.55. The van der Waals surface area contributed by atoms with Gasteiger partial charge in [0, 0.05) is 10.8 Å². The normalized spacial score (nSPS) is 11.4. The highest BCUT2D eigenvalue weighted by molar-refractivity contribution is 7.15. The van der Waals surface area contributed by atoms with Gasteiger partial charge >= 0.3 is 0 Å². The Labute approximate surface area is 164 Å². The summed E-state index contributed by atoms with van der Waals surface area (Å²) in [5.74, 6) is 0. The number of benzene rings is 2. The SMILES string of the molecule is CCCCc1cc(CC)cc2c1o[pH]oc1c(CCCC)cc(CC)cc12. The molecule has 0 bridgehead atoms. The summed E-state index contributed by atoms with van der Waals surface area (Å²) in [6, 6.07) is 9.33. The smallest absolute Gasteiger partial charge is 0.201 e. The van der Waals surface area contributed by atoms with Gasteiger partial charge in [0.25, 0.3) is 0 Å². The van der Waals surface area contributed by atoms with Gasteiger partial charge in [0.15, 0.2) is 0 Å². The van der Waals surface area contributed by atoms with E-state index in [4.69, 9.17) is 8.39 Å². The largest absolute Gasteiger partial charge is 0.421 e. The van der Waals surface area contributed by atoms with Gasteiger partial charge in [-0.1, -0.05) is 52.7 Å². The maximum Gasteiger partial charge on any atom is 0.201 e. The van der Waals surface area contributed by atoms with Crippen LogP contribution in [-0.2, 0) is 25.7 Å². The minimum atomic E-state index is 0.0266. The Kier molecular flexibility index (Phi) is 7.07. The molecule has 146 valence electrons. The van der Waals surface area contributed by atoms with Crippen molar-refractivity contribution in [1.82, 2.24) is 0 Å². The van der Waals surface area contributed by atoms with E-state index in [9.17, 15) is 0 Å². The molecule has 0 saturated heterocycles. The fraction of sp³-hybridized carbons (Fsp3) is 0.500. The van der Waals surface area contributed by atoms with Crippen LogP contribution in [0.2, 0.25) is 0 Å². The molecule has 2 nitrogen and oxygen atoms in total. The molecule has 0 aliphatic heterocycles. The van der Waals surface area contributed by atoms with E-state index >= 15 is 0 Å². The van der Waals surface area contributed by atoms with E-state index in [2.05, 4.69) is 52.0 Å². The zero-order chi connectivity index (χ0) is 19.2. The lowest BCUT2D eigenvalue weighted by Gasteiger charge is -2.09. The van der Waals surface area contributed by atoms with Crippen molar-refractivity contribution in [3.05, 3.63) is 46.5 Å². The first-order valence-corrected chi connectivity index (χ1v) is 11.4. The van der Waals surface area contributed by atoms with Gasteiger partial charge in [-0.25, -0.2) is 0 Å². The first-order chi connectivity index (χ1) is 13.2. The molecule has 0 aliphatic carbocycles. The average molecular weight is 385 g/mol. The van der Waals surface area contributed by atoms with Gasteiger partial charge in [-0.15, -0.1) is 0 Å². The van der Waals surface area contributed by atoms with Crippen LogP contribution in [0, 0.1) is 0 Å². The Morgan fingerprint density at radius 3 is 1.48 bits per heavy atom. The second kappa shape index (κ2) is 9.51. The molecule has 0 unspecified atom stereocenters. The predicted octanol–water partition coefficient (Wildman–Crippen LogP) is 8.14. The highest BCUT2D eigenvalue weighted by Crippen LogP contribution is 2.34. The number of aryl methyl sites for hydroxylation is 4. The summed E-state index contributed by atoms with van der Waals surface area (Å²) in [4.78, 5) is 0. The van der Waals surface area contributed by atoms with E-state index < -0.39 is 0 Å². The van der Waals surface area contributed by atoms with Crippen LogP contribution in [0.15, 0.2) is 32.7 Å². The molecule has 0 aliphatic rings. The summed E-state index contributed by atoms with van der Waals surface area (Å²) in [6.07, 6.45) is 9.00. The number of rotatable bonds is 8. The molecule has 0 atom stereocenters. The third-order valence-corrected chi connectivity index (χ3v) is 6.02. The summed E-state index contributed by atoms with van der Waals surface area (Å²) >= 11 is 0. The van der Waals surface area contributed by atoms with Crippen molar-refractivity contribution in [3.8, 4) is 0 Å². The van der Waals surface area contributed by atoms with Gasteiger partial charge < -0.3 is 8.39 Å². The molecule has 3 aromatic rings. The van der Waals surface area contributed by atoms with Crippen LogP contribution in [-0.4, -0.2) is 0 Å². The van der Waals surface area contributed by atoms with Crippen molar-refractivity contribution >= 4 is 30.6 Å². The Balaban J connectivity index is 2.36. The summed E-state index contributed by atoms with van der Waals surface area (Å²) < 4.78 is 12.4. The molecule has 3 heteroatoms. The number of unbranched alkanes of at least 4 members (excludes halogenated alkanes) is 2. The Morgan fingerprint density at radius 2 is 1.11 bits per heavy atom. The maximum atomic E-state index is 6.20. The number of hydrogen-bond donors (Lipinski definition) is 0. The monoisotopic (exact) mass is 384 g/mol. The third-order valence-electron chi connectivity index (χ3n) is 5.44. The molecular formula is C24H33O2P. The zero-order valence-corrected chi connectivity index (χ0v) is 18.3. The Bertz CT molecular complexity index is 865. The summed E-state index contributed by atoms with van der Waals surface area (Å²) in [7, 11) is 0.0266. The second-order valence-corrected chi connectivity index (χ2v) is 8.04. The van der Waals surface area contributed by atoms with E-state index in [0.29, 0.717) is 0 Å². The standard InChI is InChI=1S/C24H33O2P/c1-5-9-11-19-13-17(7-3)15-21-22-16-18(8-4)14-20(12-10-6-2)24(22)26-27-25-23(19)21/h13-16,27H,5-12H2,1-4H3. The molecule has 0 spiro atoms. The van der Waals surface area contributed by atoms with Crippen molar-refractivity contribution in [2.24, 2.45) is 0 Å². The molecule has 0 fully saturated rings. The topological polar surface area (TPSA) is 26.3 Å². The fourth-order valence-corrected chi connectivity index (χ4v) is 4.46. The van der Waals surface area contributed by atoms with Gasteiger partial charge in [-0.2, -0.15) is 0 Å². The van der Waals surface area contributed by atoms with Crippen LogP contribution in [0.4, 0.5) is 0 Å². The van der Waals surface area contributed by atoms with Gasteiger partial charge in [-0.05, 0) is 72.9 Å². The van der Waals surface area contributed by atoms with Crippen LogP contribution < -0.4 is 0 Å². The van der Waals surface area contributed by atoms with Gasteiger partial charge in [-0.3, -0.25) is 0 Å². The molecule has 1 aromatic heterocycles. The molecule has 1 heterocycles. The Morgan fingerprint density at radius 1 is 0.667 bits per heavy atom. The van der Waals surface area contributed by atoms with Crippen LogP contribution in [0.1, 0.15) is 75.6 Å².